The number of rotatable bonds is 8. The van der Waals surface area contributed by atoms with Crippen molar-refractivity contribution < 1.29 is 9.47 Å². The third-order valence-electron chi connectivity index (χ3n) is 5.50. The first-order valence-electron chi connectivity index (χ1n) is 10.6. The highest BCUT2D eigenvalue weighted by Gasteiger charge is 2.25. The van der Waals surface area contributed by atoms with Gasteiger partial charge in [0.15, 0.2) is 5.96 Å². The van der Waals surface area contributed by atoms with Crippen LogP contribution in [-0.4, -0.2) is 63.5 Å². The van der Waals surface area contributed by atoms with Gasteiger partial charge in [-0.2, -0.15) is 0 Å². The number of ether oxygens (including phenoxy) is 2. The van der Waals surface area contributed by atoms with E-state index in [1.165, 1.54) is 12.0 Å². The van der Waals surface area contributed by atoms with E-state index >= 15 is 0 Å². The summed E-state index contributed by atoms with van der Waals surface area (Å²) in [5.41, 5.74) is 1.44. The zero-order valence-electron chi connectivity index (χ0n) is 16.7. The number of aliphatic imine (C=N–C) groups is 1. The molecule has 0 spiro atoms. The topological polar surface area (TPSA) is 46.1 Å². The molecule has 1 atom stereocenters. The van der Waals surface area contributed by atoms with Gasteiger partial charge in [-0.3, -0.25) is 4.99 Å². The number of benzene rings is 1. The highest BCUT2D eigenvalue weighted by molar-refractivity contribution is 5.80. The van der Waals surface area contributed by atoms with Crippen LogP contribution in [0.1, 0.15) is 44.1 Å². The van der Waals surface area contributed by atoms with E-state index in [2.05, 4.69) is 47.5 Å². The molecule has 0 saturated carbocycles. The molecule has 0 radical (unpaired) electrons. The summed E-state index contributed by atoms with van der Waals surface area (Å²) in [5.74, 6) is 2.34. The zero-order valence-corrected chi connectivity index (χ0v) is 16.7. The van der Waals surface area contributed by atoms with E-state index in [-0.39, 0.29) is 0 Å². The Morgan fingerprint density at radius 3 is 2.81 bits per heavy atom. The van der Waals surface area contributed by atoms with Crippen LogP contribution in [0.3, 0.4) is 0 Å². The molecule has 0 amide bonds. The third-order valence-corrected chi connectivity index (χ3v) is 5.50. The summed E-state index contributed by atoms with van der Waals surface area (Å²) < 4.78 is 11.2. The maximum atomic E-state index is 5.86. The largest absolute Gasteiger partial charge is 0.381 e. The summed E-state index contributed by atoms with van der Waals surface area (Å²) in [7, 11) is 0. The van der Waals surface area contributed by atoms with Crippen molar-refractivity contribution in [3.05, 3.63) is 35.9 Å². The van der Waals surface area contributed by atoms with Crippen LogP contribution in [0.15, 0.2) is 35.3 Å². The molecule has 3 rings (SSSR count). The van der Waals surface area contributed by atoms with Gasteiger partial charge in [0.2, 0.25) is 0 Å². The average molecular weight is 374 g/mol. The Morgan fingerprint density at radius 1 is 1.22 bits per heavy atom. The van der Waals surface area contributed by atoms with E-state index in [9.17, 15) is 0 Å². The van der Waals surface area contributed by atoms with E-state index < -0.39 is 0 Å². The Balaban J connectivity index is 1.39. The lowest BCUT2D eigenvalue weighted by Crippen LogP contribution is -2.40. The molecule has 2 fully saturated rings. The van der Waals surface area contributed by atoms with Gasteiger partial charge in [0.05, 0.1) is 0 Å². The molecule has 0 bridgehead atoms. The fourth-order valence-corrected chi connectivity index (χ4v) is 3.89. The predicted octanol–water partition coefficient (Wildman–Crippen LogP) is 3.27. The van der Waals surface area contributed by atoms with Crippen LogP contribution < -0.4 is 5.32 Å². The van der Waals surface area contributed by atoms with Crippen molar-refractivity contribution in [3.8, 4) is 0 Å². The molecule has 2 heterocycles. The van der Waals surface area contributed by atoms with Gasteiger partial charge in [-0.05, 0) is 44.1 Å². The maximum Gasteiger partial charge on any atom is 0.193 e. The Bertz CT molecular complexity index is 558. The Labute approximate surface area is 164 Å². The van der Waals surface area contributed by atoms with E-state index in [1.807, 2.05) is 0 Å². The van der Waals surface area contributed by atoms with Crippen molar-refractivity contribution in [2.24, 2.45) is 10.9 Å². The molecular formula is C22H35N3O2. The standard InChI is InChI=1S/C22H35N3O2/c1-2-23-22(24-12-6-14-27-18-19-10-15-26-16-11-19)25-13-9-21(17-25)20-7-4-3-5-8-20/h3-5,7-8,19,21H,2,6,9-18H2,1H3,(H,23,24). The van der Waals surface area contributed by atoms with E-state index in [4.69, 9.17) is 14.5 Å². The minimum absolute atomic E-state index is 0.609. The number of hydrogen-bond donors (Lipinski definition) is 1. The second kappa shape index (κ2) is 11.3. The van der Waals surface area contributed by atoms with Crippen LogP contribution in [0.5, 0.6) is 0 Å². The van der Waals surface area contributed by atoms with Crippen molar-refractivity contribution in [1.82, 2.24) is 10.2 Å². The van der Waals surface area contributed by atoms with Crippen LogP contribution in [0.4, 0.5) is 0 Å². The second-order valence-electron chi connectivity index (χ2n) is 7.56. The van der Waals surface area contributed by atoms with Crippen LogP contribution in [0.25, 0.3) is 0 Å². The molecule has 1 aromatic rings. The monoisotopic (exact) mass is 373 g/mol. The van der Waals surface area contributed by atoms with Gasteiger partial charge in [0.1, 0.15) is 0 Å². The van der Waals surface area contributed by atoms with Gasteiger partial charge >= 0.3 is 0 Å². The molecule has 1 aromatic carbocycles. The molecule has 2 aliphatic rings. The molecule has 150 valence electrons. The number of likely N-dealkylation sites (tertiary alicyclic amines) is 1. The van der Waals surface area contributed by atoms with Gasteiger partial charge < -0.3 is 19.7 Å². The van der Waals surface area contributed by atoms with Crippen molar-refractivity contribution in [1.29, 1.82) is 0 Å². The van der Waals surface area contributed by atoms with Gasteiger partial charge in [0, 0.05) is 58.5 Å². The Hall–Kier alpha value is -1.59. The quantitative estimate of drug-likeness (QED) is 0.432. The summed E-state index contributed by atoms with van der Waals surface area (Å²) in [6.45, 7) is 9.45. The molecule has 2 saturated heterocycles. The highest BCUT2D eigenvalue weighted by atomic mass is 16.5. The molecule has 1 N–H and O–H groups in total. The SMILES string of the molecule is CCNC(=NCCCOCC1CCOCC1)N1CCC(c2ccccc2)C1. The molecule has 5 nitrogen and oxygen atoms in total. The van der Waals surface area contributed by atoms with Gasteiger partial charge in [-0.1, -0.05) is 30.3 Å². The lowest BCUT2D eigenvalue weighted by atomic mass is 9.99. The van der Waals surface area contributed by atoms with Crippen molar-refractivity contribution in [2.75, 3.05) is 52.6 Å². The minimum atomic E-state index is 0.609. The highest BCUT2D eigenvalue weighted by Crippen LogP contribution is 2.26. The second-order valence-corrected chi connectivity index (χ2v) is 7.56. The van der Waals surface area contributed by atoms with Crippen molar-refractivity contribution >= 4 is 5.96 Å². The Kier molecular flexibility index (Phi) is 8.43. The maximum absolute atomic E-state index is 5.86. The third kappa shape index (κ3) is 6.51. The number of hydrogen-bond acceptors (Lipinski definition) is 3. The lowest BCUT2D eigenvalue weighted by molar-refractivity contribution is 0.0205. The van der Waals surface area contributed by atoms with E-state index in [0.29, 0.717) is 11.8 Å². The van der Waals surface area contributed by atoms with Crippen LogP contribution in [0, 0.1) is 5.92 Å². The fraction of sp³-hybridized carbons (Fsp3) is 0.682. The first-order chi connectivity index (χ1) is 13.4. The zero-order chi connectivity index (χ0) is 18.7. The molecule has 0 aliphatic carbocycles. The fourth-order valence-electron chi connectivity index (χ4n) is 3.89. The molecule has 1 unspecified atom stereocenters. The summed E-state index contributed by atoms with van der Waals surface area (Å²) in [6.07, 6.45) is 4.46. The summed E-state index contributed by atoms with van der Waals surface area (Å²) in [5, 5.41) is 3.46. The van der Waals surface area contributed by atoms with Crippen LogP contribution >= 0.6 is 0 Å². The molecule has 5 heteroatoms. The van der Waals surface area contributed by atoms with Crippen molar-refractivity contribution in [3.63, 3.8) is 0 Å². The van der Waals surface area contributed by atoms with Crippen molar-refractivity contribution in [2.45, 2.75) is 38.5 Å². The smallest absolute Gasteiger partial charge is 0.193 e. The number of nitrogens with zero attached hydrogens (tertiary/aromatic N) is 2. The summed E-state index contributed by atoms with van der Waals surface area (Å²) in [4.78, 5) is 7.25. The van der Waals surface area contributed by atoms with E-state index in [1.54, 1.807) is 0 Å². The number of guanidine groups is 1. The summed E-state index contributed by atoms with van der Waals surface area (Å²) in [6, 6.07) is 10.9. The normalized spacial score (nSPS) is 21.6. The molecule has 2 aliphatic heterocycles. The van der Waals surface area contributed by atoms with E-state index in [0.717, 1.165) is 77.8 Å². The first kappa shape index (κ1) is 20.2. The average Bonchev–Trinajstić information content (AvgIpc) is 3.21. The van der Waals surface area contributed by atoms with Crippen LogP contribution in [-0.2, 0) is 9.47 Å². The Morgan fingerprint density at radius 2 is 2.04 bits per heavy atom. The van der Waals surface area contributed by atoms with Gasteiger partial charge in [-0.15, -0.1) is 0 Å². The van der Waals surface area contributed by atoms with Crippen LogP contribution in [0.2, 0.25) is 0 Å². The van der Waals surface area contributed by atoms with Gasteiger partial charge in [-0.25, -0.2) is 0 Å². The first-order valence-corrected chi connectivity index (χ1v) is 10.6. The number of nitrogens with one attached hydrogen (secondary N) is 1. The predicted molar refractivity (Wildman–Crippen MR) is 110 cm³/mol. The summed E-state index contributed by atoms with van der Waals surface area (Å²) >= 11 is 0. The van der Waals surface area contributed by atoms with Gasteiger partial charge in [0.25, 0.3) is 0 Å². The molecule has 27 heavy (non-hydrogen) atoms. The molecular weight excluding hydrogens is 338 g/mol. The molecule has 0 aromatic heterocycles. The minimum Gasteiger partial charge on any atom is -0.381 e. The lowest BCUT2D eigenvalue weighted by Gasteiger charge is -2.22.